The van der Waals surface area contributed by atoms with Crippen molar-refractivity contribution in [3.63, 3.8) is 0 Å². The third kappa shape index (κ3) is 4.84. The van der Waals surface area contributed by atoms with Crippen LogP contribution in [0.2, 0.25) is 5.02 Å². The van der Waals surface area contributed by atoms with Crippen molar-refractivity contribution in [2.24, 2.45) is 15.7 Å². The molecular weight excluding hydrogens is 522 g/mol. The highest BCUT2D eigenvalue weighted by Gasteiger charge is 2.35. The minimum absolute atomic E-state index is 0.0548. The number of nitrogens with zero attached hydrogens (tertiary/aromatic N) is 4. The minimum atomic E-state index is -4.86. The number of nitrogens with two attached hydrogens (primary N) is 1. The first-order valence-electron chi connectivity index (χ1n) is 9.03. The standard InChI is InChI=1S/C19H12Cl2F3N5O2S2/c1-32-18-28-9-5-7-13(12(21)14(9)33-18)29-16(31-17(7)30)10(6-11(25)19(22,23)24)27-15-8(20)3-2-4-26-15/h2-6,9,14H,25H2,1H3. The molecule has 2 aromatic rings. The number of hydrogen-bond donors (Lipinski definition) is 1. The summed E-state index contributed by atoms with van der Waals surface area (Å²) in [6.07, 6.45) is 0.413. The summed E-state index contributed by atoms with van der Waals surface area (Å²) in [5.41, 5.74) is 2.33. The second-order valence-electron chi connectivity index (χ2n) is 6.61. The Hall–Kier alpha value is -2.28. The van der Waals surface area contributed by atoms with Gasteiger partial charge in [-0.15, -0.1) is 11.8 Å². The molecule has 14 heteroatoms. The van der Waals surface area contributed by atoms with Crippen LogP contribution in [0.15, 0.2) is 49.3 Å². The fraction of sp³-hybridized carbons (Fsp3) is 0.211. The van der Waals surface area contributed by atoms with E-state index in [1.807, 2.05) is 6.26 Å². The molecule has 1 aliphatic carbocycles. The molecule has 2 aliphatic rings. The molecule has 0 aromatic carbocycles. The van der Waals surface area contributed by atoms with Crippen LogP contribution in [-0.4, -0.2) is 43.8 Å². The van der Waals surface area contributed by atoms with E-state index in [0.29, 0.717) is 6.08 Å². The Kier molecular flexibility index (Phi) is 6.63. The molecule has 0 amide bonds. The number of thioether (sulfide) groups is 2. The Labute approximate surface area is 202 Å². The molecule has 0 fully saturated rings. The highest BCUT2D eigenvalue weighted by Crippen LogP contribution is 2.38. The first-order chi connectivity index (χ1) is 15.6. The maximum atomic E-state index is 13.1. The summed E-state index contributed by atoms with van der Waals surface area (Å²) < 4.78 is 45.4. The Bertz CT molecular complexity index is 1410. The lowest BCUT2D eigenvalue weighted by Gasteiger charge is -2.16. The van der Waals surface area contributed by atoms with E-state index in [2.05, 4.69) is 20.0 Å². The largest absolute Gasteiger partial charge is 0.430 e. The van der Waals surface area contributed by atoms with Crippen molar-refractivity contribution in [2.75, 3.05) is 6.26 Å². The Morgan fingerprint density at radius 2 is 2.15 bits per heavy atom. The van der Waals surface area contributed by atoms with E-state index in [0.717, 1.165) is 4.38 Å². The molecule has 2 aromatic heterocycles. The number of alkyl halides is 3. The first-order valence-corrected chi connectivity index (χ1v) is 11.9. The van der Waals surface area contributed by atoms with Gasteiger partial charge in [-0.3, -0.25) is 4.99 Å². The molecule has 172 valence electrons. The van der Waals surface area contributed by atoms with Gasteiger partial charge in [-0.05, 0) is 30.5 Å². The van der Waals surface area contributed by atoms with Crippen LogP contribution in [0.1, 0.15) is 5.89 Å². The monoisotopic (exact) mass is 533 g/mol. The molecule has 0 saturated carbocycles. The first kappa shape index (κ1) is 23.9. The van der Waals surface area contributed by atoms with E-state index in [4.69, 9.17) is 33.4 Å². The third-order valence-corrected chi connectivity index (χ3v) is 7.62. The normalized spacial score (nSPS) is 20.8. The van der Waals surface area contributed by atoms with Gasteiger partial charge in [0.15, 0.2) is 5.82 Å². The molecule has 2 N–H and O–H groups in total. The smallest absolute Gasteiger partial charge is 0.401 e. The number of pyridine rings is 1. The van der Waals surface area contributed by atoms with Gasteiger partial charge in [0.2, 0.25) is 5.89 Å². The molecule has 4 rings (SSSR count). The average Bonchev–Trinajstić information content (AvgIpc) is 3.18. The predicted molar refractivity (Wildman–Crippen MR) is 126 cm³/mol. The molecular formula is C19H12Cl2F3N5O2S2. The summed E-state index contributed by atoms with van der Waals surface area (Å²) in [6, 6.07) is 2.58. The Balaban J connectivity index is 1.93. The molecule has 0 saturated heterocycles. The number of aromatic nitrogens is 2. The number of fused-ring (bicyclic) bond motifs is 2. The van der Waals surface area contributed by atoms with Crippen molar-refractivity contribution in [1.29, 1.82) is 0 Å². The number of hydrogen-bond acceptors (Lipinski definition) is 9. The van der Waals surface area contributed by atoms with Crippen molar-refractivity contribution in [1.82, 2.24) is 9.97 Å². The van der Waals surface area contributed by atoms with Gasteiger partial charge in [0, 0.05) is 6.20 Å². The van der Waals surface area contributed by atoms with E-state index in [9.17, 15) is 18.0 Å². The number of halogens is 5. The maximum absolute atomic E-state index is 13.1. The molecule has 3 heterocycles. The van der Waals surface area contributed by atoms with Crippen molar-refractivity contribution < 1.29 is 17.6 Å². The molecule has 0 radical (unpaired) electrons. The van der Waals surface area contributed by atoms with E-state index in [1.165, 1.54) is 41.9 Å². The third-order valence-electron chi connectivity index (χ3n) is 4.46. The quantitative estimate of drug-likeness (QED) is 0.604. The lowest BCUT2D eigenvalue weighted by Crippen LogP contribution is -2.48. The van der Waals surface area contributed by atoms with Gasteiger partial charge in [0.05, 0.1) is 31.9 Å². The number of aliphatic imine (C=N–C) groups is 2. The van der Waals surface area contributed by atoms with Crippen LogP contribution in [0.4, 0.5) is 19.0 Å². The summed E-state index contributed by atoms with van der Waals surface area (Å²) in [5, 5.41) is 0.115. The maximum Gasteiger partial charge on any atom is 0.430 e. The summed E-state index contributed by atoms with van der Waals surface area (Å²) >= 11 is 15.4. The van der Waals surface area contributed by atoms with Crippen LogP contribution in [0.25, 0.3) is 11.1 Å². The highest BCUT2D eigenvalue weighted by atomic mass is 35.5. The zero-order valence-corrected chi connectivity index (χ0v) is 19.6. The second-order valence-corrected chi connectivity index (χ2v) is 9.61. The topological polar surface area (TPSA) is 107 Å². The lowest BCUT2D eigenvalue weighted by atomic mass is 10.1. The molecule has 0 bridgehead atoms. The molecule has 2 atom stereocenters. The van der Waals surface area contributed by atoms with Gasteiger partial charge in [-0.1, -0.05) is 35.0 Å². The van der Waals surface area contributed by atoms with Crippen LogP contribution in [0.3, 0.4) is 0 Å². The summed E-state index contributed by atoms with van der Waals surface area (Å²) in [6.45, 7) is 0. The van der Waals surface area contributed by atoms with Gasteiger partial charge >= 0.3 is 11.8 Å². The fourth-order valence-corrected chi connectivity index (χ4v) is 5.33. The predicted octanol–water partition coefficient (Wildman–Crippen LogP) is 2.95. The van der Waals surface area contributed by atoms with Gasteiger partial charge in [0.25, 0.3) is 0 Å². The van der Waals surface area contributed by atoms with Crippen LogP contribution in [0.5, 0.6) is 0 Å². The van der Waals surface area contributed by atoms with Crippen LogP contribution in [-0.2, 0) is 0 Å². The molecule has 33 heavy (non-hydrogen) atoms. The van der Waals surface area contributed by atoms with E-state index >= 15 is 0 Å². The molecule has 2 unspecified atom stereocenters. The van der Waals surface area contributed by atoms with Gasteiger partial charge in [0.1, 0.15) is 15.8 Å². The summed E-state index contributed by atoms with van der Waals surface area (Å²) in [7, 11) is 0. The Morgan fingerprint density at radius 1 is 1.39 bits per heavy atom. The average molecular weight is 534 g/mol. The zero-order chi connectivity index (χ0) is 23.9. The van der Waals surface area contributed by atoms with Gasteiger partial charge in [-0.25, -0.2) is 19.8 Å². The second kappa shape index (κ2) is 9.16. The number of allylic oxidation sites excluding steroid dienone is 2. The molecule has 1 aliphatic heterocycles. The number of rotatable bonds is 3. The Morgan fingerprint density at radius 3 is 2.82 bits per heavy atom. The molecule has 0 spiro atoms. The minimum Gasteiger partial charge on any atom is -0.401 e. The van der Waals surface area contributed by atoms with Gasteiger partial charge < -0.3 is 10.2 Å². The highest BCUT2D eigenvalue weighted by molar-refractivity contribution is 8.39. The fourth-order valence-electron chi connectivity index (χ4n) is 2.94. The van der Waals surface area contributed by atoms with Crippen LogP contribution in [0, 0.1) is 0 Å². The van der Waals surface area contributed by atoms with Crippen LogP contribution < -0.4 is 21.9 Å². The summed E-state index contributed by atoms with van der Waals surface area (Å²) in [4.78, 5) is 29.4. The SMILES string of the molecule is CSC1=NC2C=c3c(nc(C(C=C(N)C(F)(F)F)=Nc4ncccc4Cl)oc3=O)=C(Cl)C2S1. The van der Waals surface area contributed by atoms with Crippen molar-refractivity contribution in [3.05, 3.63) is 62.0 Å². The zero-order valence-electron chi connectivity index (χ0n) is 16.4. The van der Waals surface area contributed by atoms with Crippen molar-refractivity contribution in [3.8, 4) is 0 Å². The summed E-state index contributed by atoms with van der Waals surface area (Å²) in [5.74, 6) is -0.639. The van der Waals surface area contributed by atoms with E-state index in [1.54, 1.807) is 6.08 Å². The van der Waals surface area contributed by atoms with Gasteiger partial charge in [-0.2, -0.15) is 13.2 Å². The lowest BCUT2D eigenvalue weighted by molar-refractivity contribution is -0.0925. The van der Waals surface area contributed by atoms with Crippen molar-refractivity contribution >= 4 is 73.7 Å². The van der Waals surface area contributed by atoms with Crippen molar-refractivity contribution in [2.45, 2.75) is 17.5 Å². The van der Waals surface area contributed by atoms with E-state index < -0.39 is 29.1 Å². The van der Waals surface area contributed by atoms with Crippen LogP contribution >= 0.6 is 46.7 Å². The van der Waals surface area contributed by atoms with E-state index in [-0.39, 0.29) is 37.7 Å². The molecule has 7 nitrogen and oxygen atoms in total.